The van der Waals surface area contributed by atoms with E-state index >= 15 is 0 Å². The minimum Gasteiger partial charge on any atom is -0.490 e. The lowest BCUT2D eigenvalue weighted by Gasteiger charge is -2.23. The number of nitrogens with zero attached hydrogens (tertiary/aromatic N) is 1. The molecule has 2 rings (SSSR count). The SMILES string of the molecule is [C-]#[N+]c1ccc(NC(=O)[C@](C)(O)COc2ccc(CCCCCCC(=O)OC)cc2)cc1C. The molecule has 2 N–H and O–H groups in total. The number of anilines is 1. The van der Waals surface area contributed by atoms with Crippen molar-refractivity contribution in [2.24, 2.45) is 0 Å². The van der Waals surface area contributed by atoms with Crippen LogP contribution in [0.1, 0.15) is 50.2 Å². The summed E-state index contributed by atoms with van der Waals surface area (Å²) in [4.78, 5) is 27.0. The van der Waals surface area contributed by atoms with Gasteiger partial charge in [0, 0.05) is 12.1 Å². The van der Waals surface area contributed by atoms with Crippen LogP contribution < -0.4 is 10.1 Å². The number of amides is 1. The van der Waals surface area contributed by atoms with Gasteiger partial charge in [-0.2, -0.15) is 0 Å². The normalized spacial score (nSPS) is 12.3. The number of aliphatic hydroxyl groups is 1. The first-order valence-electron chi connectivity index (χ1n) is 11.1. The Hall–Kier alpha value is -3.37. The number of rotatable bonds is 12. The fraction of sp³-hybridized carbons (Fsp3) is 0.423. The number of hydrogen-bond donors (Lipinski definition) is 2. The molecule has 1 atom stereocenters. The molecule has 0 radical (unpaired) electrons. The van der Waals surface area contributed by atoms with Gasteiger partial charge in [0.15, 0.2) is 11.3 Å². The lowest BCUT2D eigenvalue weighted by atomic mass is 10.1. The fourth-order valence-electron chi connectivity index (χ4n) is 3.22. The van der Waals surface area contributed by atoms with Crippen molar-refractivity contribution >= 4 is 23.3 Å². The Bertz CT molecular complexity index is 977. The summed E-state index contributed by atoms with van der Waals surface area (Å²) in [6.45, 7) is 10.1. The van der Waals surface area contributed by atoms with Gasteiger partial charge in [0.25, 0.3) is 5.91 Å². The maximum absolute atomic E-state index is 12.5. The predicted molar refractivity (Wildman–Crippen MR) is 127 cm³/mol. The standard InChI is InChI=1S/C26H32N2O5/c1-19-17-21(13-16-23(19)27-3)28-25(30)26(2,31)18-33-22-14-11-20(12-15-22)9-7-5-6-8-10-24(29)32-4/h11-17,31H,5-10,18H2,1-2,4H3,(H,28,30)/t26-/m1/s1. The van der Waals surface area contributed by atoms with E-state index in [0.717, 1.165) is 37.7 Å². The molecule has 33 heavy (non-hydrogen) atoms. The summed E-state index contributed by atoms with van der Waals surface area (Å²) in [7, 11) is 1.41. The van der Waals surface area contributed by atoms with Crippen LogP contribution in [-0.4, -0.2) is 36.3 Å². The van der Waals surface area contributed by atoms with Crippen LogP contribution in [-0.2, 0) is 20.7 Å². The zero-order chi connectivity index (χ0) is 24.3. The van der Waals surface area contributed by atoms with Gasteiger partial charge in [-0.25, -0.2) is 4.85 Å². The molecule has 0 fully saturated rings. The molecule has 0 spiro atoms. The van der Waals surface area contributed by atoms with E-state index in [4.69, 9.17) is 11.3 Å². The molecule has 0 bridgehead atoms. The van der Waals surface area contributed by atoms with E-state index in [1.54, 1.807) is 25.1 Å². The van der Waals surface area contributed by atoms with Crippen molar-refractivity contribution in [3.63, 3.8) is 0 Å². The lowest BCUT2D eigenvalue weighted by Crippen LogP contribution is -2.45. The Morgan fingerprint density at radius 2 is 1.79 bits per heavy atom. The highest BCUT2D eigenvalue weighted by atomic mass is 16.5. The molecule has 7 nitrogen and oxygen atoms in total. The highest BCUT2D eigenvalue weighted by Crippen LogP contribution is 2.23. The highest BCUT2D eigenvalue weighted by Gasteiger charge is 2.31. The van der Waals surface area contributed by atoms with E-state index in [1.165, 1.54) is 19.6 Å². The molecule has 0 aliphatic heterocycles. The van der Waals surface area contributed by atoms with E-state index in [9.17, 15) is 14.7 Å². The summed E-state index contributed by atoms with van der Waals surface area (Å²) >= 11 is 0. The van der Waals surface area contributed by atoms with Crippen molar-refractivity contribution in [1.29, 1.82) is 0 Å². The van der Waals surface area contributed by atoms with Gasteiger partial charge in [0.05, 0.1) is 13.7 Å². The molecule has 0 aliphatic carbocycles. The summed E-state index contributed by atoms with van der Waals surface area (Å²) < 4.78 is 10.3. The van der Waals surface area contributed by atoms with Crippen LogP contribution in [0.15, 0.2) is 42.5 Å². The number of unbranched alkanes of at least 4 members (excludes halogenated alkanes) is 3. The number of aryl methyl sites for hydroxylation is 2. The van der Waals surface area contributed by atoms with Crippen LogP contribution in [0.2, 0.25) is 0 Å². The number of hydrogen-bond acceptors (Lipinski definition) is 5. The van der Waals surface area contributed by atoms with Gasteiger partial charge < -0.3 is 19.9 Å². The Balaban J connectivity index is 1.76. The van der Waals surface area contributed by atoms with E-state index in [1.807, 2.05) is 24.3 Å². The first kappa shape index (κ1) is 25.9. The zero-order valence-electron chi connectivity index (χ0n) is 19.5. The summed E-state index contributed by atoms with van der Waals surface area (Å²) in [5, 5.41) is 13.2. The summed E-state index contributed by atoms with van der Waals surface area (Å²) in [5.41, 5.74) is 1.23. The molecule has 0 heterocycles. The first-order chi connectivity index (χ1) is 15.7. The van der Waals surface area contributed by atoms with Gasteiger partial charge in [-0.15, -0.1) is 0 Å². The Morgan fingerprint density at radius 3 is 2.42 bits per heavy atom. The minimum atomic E-state index is -1.73. The highest BCUT2D eigenvalue weighted by molar-refractivity contribution is 5.97. The monoisotopic (exact) mass is 452 g/mol. The van der Waals surface area contributed by atoms with E-state index in [-0.39, 0.29) is 12.6 Å². The third-order valence-electron chi connectivity index (χ3n) is 5.33. The molecule has 0 aliphatic rings. The van der Waals surface area contributed by atoms with Crippen LogP contribution >= 0.6 is 0 Å². The molecule has 0 saturated heterocycles. The number of benzene rings is 2. The van der Waals surface area contributed by atoms with Gasteiger partial charge in [-0.05, 0) is 68.5 Å². The molecule has 2 aromatic carbocycles. The number of methoxy groups -OCH3 is 1. The van der Waals surface area contributed by atoms with Crippen molar-refractivity contribution in [3.8, 4) is 5.75 Å². The van der Waals surface area contributed by atoms with Crippen molar-refractivity contribution < 1.29 is 24.2 Å². The fourth-order valence-corrected chi connectivity index (χ4v) is 3.22. The van der Waals surface area contributed by atoms with E-state index in [2.05, 4.69) is 14.9 Å². The molecule has 2 aromatic rings. The topological polar surface area (TPSA) is 89.2 Å². The quantitative estimate of drug-likeness (QED) is 0.269. The van der Waals surface area contributed by atoms with Crippen LogP contribution in [0.3, 0.4) is 0 Å². The maximum Gasteiger partial charge on any atom is 0.305 e. The average Bonchev–Trinajstić information content (AvgIpc) is 2.80. The van der Waals surface area contributed by atoms with Gasteiger partial charge in [0.2, 0.25) is 0 Å². The second-order valence-electron chi connectivity index (χ2n) is 8.26. The molecule has 0 aromatic heterocycles. The molecule has 0 saturated carbocycles. The third-order valence-corrected chi connectivity index (χ3v) is 5.33. The van der Waals surface area contributed by atoms with Crippen molar-refractivity contribution in [3.05, 3.63) is 65.0 Å². The molecule has 0 unspecified atom stereocenters. The van der Waals surface area contributed by atoms with Crippen molar-refractivity contribution in [2.45, 2.75) is 58.0 Å². The second kappa shape index (κ2) is 12.6. The van der Waals surface area contributed by atoms with Gasteiger partial charge in [0.1, 0.15) is 12.4 Å². The van der Waals surface area contributed by atoms with Crippen LogP contribution in [0.5, 0.6) is 5.75 Å². The van der Waals surface area contributed by atoms with Gasteiger partial charge in [-0.1, -0.05) is 31.0 Å². The number of esters is 1. The van der Waals surface area contributed by atoms with Crippen molar-refractivity contribution in [2.75, 3.05) is 19.0 Å². The van der Waals surface area contributed by atoms with Crippen molar-refractivity contribution in [1.82, 2.24) is 0 Å². The third kappa shape index (κ3) is 8.59. The minimum absolute atomic E-state index is 0.160. The molecular weight excluding hydrogens is 420 g/mol. The maximum atomic E-state index is 12.5. The van der Waals surface area contributed by atoms with Crippen LogP contribution in [0.25, 0.3) is 4.85 Å². The summed E-state index contributed by atoms with van der Waals surface area (Å²) in [6, 6.07) is 12.6. The lowest BCUT2D eigenvalue weighted by molar-refractivity contribution is -0.140. The average molecular weight is 453 g/mol. The smallest absolute Gasteiger partial charge is 0.305 e. The first-order valence-corrected chi connectivity index (χ1v) is 11.1. The summed E-state index contributed by atoms with van der Waals surface area (Å²) in [6.07, 6.45) is 5.33. The molecule has 1 amide bonds. The largest absolute Gasteiger partial charge is 0.490 e. The number of carbonyl (C=O) groups is 2. The van der Waals surface area contributed by atoms with Gasteiger partial charge >= 0.3 is 5.97 Å². The number of carbonyl (C=O) groups excluding carboxylic acids is 2. The molecular formula is C26H32N2O5. The van der Waals surface area contributed by atoms with Gasteiger partial charge in [-0.3, -0.25) is 9.59 Å². The summed E-state index contributed by atoms with van der Waals surface area (Å²) in [5.74, 6) is -0.171. The Morgan fingerprint density at radius 1 is 1.09 bits per heavy atom. The second-order valence-corrected chi connectivity index (χ2v) is 8.26. The van der Waals surface area contributed by atoms with Crippen LogP contribution in [0.4, 0.5) is 11.4 Å². The van der Waals surface area contributed by atoms with E-state index in [0.29, 0.717) is 23.5 Å². The van der Waals surface area contributed by atoms with E-state index < -0.39 is 11.5 Å². The molecule has 176 valence electrons. The zero-order valence-corrected chi connectivity index (χ0v) is 19.5. The number of nitrogens with one attached hydrogen (secondary N) is 1. The van der Waals surface area contributed by atoms with Crippen LogP contribution in [0, 0.1) is 13.5 Å². The Labute approximate surface area is 195 Å². The Kier molecular flexibility index (Phi) is 9.89. The molecule has 7 heteroatoms. The number of ether oxygens (including phenoxy) is 2. The predicted octanol–water partition coefficient (Wildman–Crippen LogP) is 4.98.